The fourth-order valence-corrected chi connectivity index (χ4v) is 5.57. The number of rotatable bonds is 6. The van der Waals surface area contributed by atoms with E-state index in [1.54, 1.807) is 11.8 Å². The van der Waals surface area contributed by atoms with Gasteiger partial charge in [0.2, 0.25) is 5.91 Å². The van der Waals surface area contributed by atoms with Crippen LogP contribution in [0.1, 0.15) is 64.1 Å². The predicted octanol–water partition coefficient (Wildman–Crippen LogP) is 5.61. The second-order valence-corrected chi connectivity index (χ2v) is 10.1. The Morgan fingerprint density at radius 2 is 1.70 bits per heavy atom. The van der Waals surface area contributed by atoms with Gasteiger partial charge in [-0.05, 0) is 87.5 Å². The lowest BCUT2D eigenvalue weighted by atomic mass is 9.87. The molecule has 0 saturated carbocycles. The number of benzene rings is 2. The molecular weight excluding hydrogens is 511 g/mol. The highest BCUT2D eigenvalue weighted by molar-refractivity contribution is 5.94. The monoisotopic (exact) mass is 550 g/mol. The summed E-state index contributed by atoms with van der Waals surface area (Å²) in [5, 5.41) is 17.0. The van der Waals surface area contributed by atoms with Crippen LogP contribution in [0.15, 0.2) is 42.5 Å². The number of amides is 2. The maximum absolute atomic E-state index is 12.5. The average molecular weight is 552 g/mol. The molecule has 1 fully saturated rings. The number of carbonyl (C=O) groups excluding carboxylic acids is 1. The molecule has 2 heterocycles. The number of carboxylic acid groups (broad SMARTS) is 1. The van der Waals surface area contributed by atoms with E-state index in [0.717, 1.165) is 54.9 Å². The van der Waals surface area contributed by atoms with Crippen LogP contribution >= 0.6 is 24.8 Å². The van der Waals surface area contributed by atoms with Gasteiger partial charge in [0.1, 0.15) is 0 Å². The number of hydrogen-bond donors (Lipinski definition) is 3. The molecule has 2 aliphatic heterocycles. The third-order valence-corrected chi connectivity index (χ3v) is 7.32. The molecule has 204 valence electrons. The summed E-state index contributed by atoms with van der Waals surface area (Å²) >= 11 is 0. The number of piperidine rings is 1. The number of hydrogen-bond acceptors (Lipinski definition) is 4. The summed E-state index contributed by atoms with van der Waals surface area (Å²) in [5.74, 6) is -0.0260. The predicted molar refractivity (Wildman–Crippen MR) is 154 cm³/mol. The summed E-state index contributed by atoms with van der Waals surface area (Å²) in [5.41, 5.74) is 5.05. The van der Waals surface area contributed by atoms with E-state index in [0.29, 0.717) is 12.5 Å². The first kappa shape index (κ1) is 30.9. The van der Waals surface area contributed by atoms with Gasteiger partial charge in [0.05, 0.1) is 6.04 Å². The maximum Gasteiger partial charge on any atom is 0.408 e. The molecule has 2 unspecified atom stereocenters. The normalized spacial score (nSPS) is 19.4. The minimum absolute atomic E-state index is 0. The lowest BCUT2D eigenvalue weighted by Gasteiger charge is -2.43. The van der Waals surface area contributed by atoms with E-state index in [-0.39, 0.29) is 48.8 Å². The van der Waals surface area contributed by atoms with E-state index in [2.05, 4.69) is 41.0 Å². The second-order valence-electron chi connectivity index (χ2n) is 10.1. The van der Waals surface area contributed by atoms with Crippen LogP contribution in [-0.2, 0) is 11.3 Å². The molecular formula is C28H40Cl2N4O3. The lowest BCUT2D eigenvalue weighted by molar-refractivity contribution is -0.117. The zero-order valence-corrected chi connectivity index (χ0v) is 23.7. The Labute approximate surface area is 232 Å². The third kappa shape index (κ3) is 6.96. The van der Waals surface area contributed by atoms with Crippen molar-refractivity contribution in [2.24, 2.45) is 0 Å². The summed E-state index contributed by atoms with van der Waals surface area (Å²) in [6, 6.07) is 14.7. The highest BCUT2D eigenvalue weighted by Crippen LogP contribution is 2.43. The molecule has 2 aromatic carbocycles. The molecule has 7 nitrogen and oxygen atoms in total. The third-order valence-electron chi connectivity index (χ3n) is 7.32. The van der Waals surface area contributed by atoms with Crippen molar-refractivity contribution in [2.45, 2.75) is 77.7 Å². The van der Waals surface area contributed by atoms with Gasteiger partial charge < -0.3 is 20.6 Å². The molecule has 3 N–H and O–H groups in total. The first-order valence-electron chi connectivity index (χ1n) is 12.7. The van der Waals surface area contributed by atoms with Crippen molar-refractivity contribution in [3.05, 3.63) is 53.6 Å². The average Bonchev–Trinajstić information content (AvgIpc) is 2.83. The van der Waals surface area contributed by atoms with Crippen LogP contribution < -0.4 is 15.5 Å². The van der Waals surface area contributed by atoms with Crippen LogP contribution in [0.2, 0.25) is 0 Å². The van der Waals surface area contributed by atoms with E-state index < -0.39 is 6.09 Å². The minimum Gasteiger partial charge on any atom is -0.465 e. The summed E-state index contributed by atoms with van der Waals surface area (Å²) in [6.45, 7) is 10.4. The van der Waals surface area contributed by atoms with Crippen molar-refractivity contribution in [3.8, 4) is 11.1 Å². The molecule has 0 bridgehead atoms. The van der Waals surface area contributed by atoms with E-state index in [1.165, 1.54) is 10.5 Å². The fraction of sp³-hybridized carbons (Fsp3) is 0.500. The Hall–Kier alpha value is -2.32. The molecule has 2 atom stereocenters. The van der Waals surface area contributed by atoms with Crippen molar-refractivity contribution in [3.63, 3.8) is 0 Å². The summed E-state index contributed by atoms with van der Waals surface area (Å²) in [6.07, 6.45) is 1.96. The molecule has 0 radical (unpaired) electrons. The lowest BCUT2D eigenvalue weighted by Crippen LogP contribution is -2.48. The van der Waals surface area contributed by atoms with E-state index in [4.69, 9.17) is 0 Å². The molecule has 2 aromatic rings. The number of nitrogens with one attached hydrogen (secondary N) is 2. The molecule has 1 saturated heterocycles. The van der Waals surface area contributed by atoms with E-state index in [9.17, 15) is 14.7 Å². The fourth-order valence-electron chi connectivity index (χ4n) is 5.57. The first-order chi connectivity index (χ1) is 16.8. The first-order valence-corrected chi connectivity index (χ1v) is 12.7. The summed E-state index contributed by atoms with van der Waals surface area (Å²) < 4.78 is 0. The summed E-state index contributed by atoms with van der Waals surface area (Å²) in [4.78, 5) is 28.0. The highest BCUT2D eigenvalue weighted by Gasteiger charge is 2.38. The Kier molecular flexibility index (Phi) is 11.2. The van der Waals surface area contributed by atoms with Gasteiger partial charge in [0.15, 0.2) is 0 Å². The van der Waals surface area contributed by atoms with Crippen LogP contribution in [-0.4, -0.2) is 53.2 Å². The van der Waals surface area contributed by atoms with Crippen molar-refractivity contribution in [1.29, 1.82) is 0 Å². The smallest absolute Gasteiger partial charge is 0.408 e. The number of halogens is 2. The zero-order chi connectivity index (χ0) is 25.1. The van der Waals surface area contributed by atoms with Gasteiger partial charge in [0, 0.05) is 37.3 Å². The van der Waals surface area contributed by atoms with Crippen LogP contribution in [0.4, 0.5) is 10.5 Å². The zero-order valence-electron chi connectivity index (χ0n) is 22.1. The minimum atomic E-state index is -0.935. The Morgan fingerprint density at radius 1 is 1.08 bits per heavy atom. The van der Waals surface area contributed by atoms with Crippen molar-refractivity contribution in [1.82, 2.24) is 15.5 Å². The quantitative estimate of drug-likeness (QED) is 0.435. The van der Waals surface area contributed by atoms with Crippen LogP contribution in [0.3, 0.4) is 0 Å². The molecule has 2 amide bonds. The molecule has 9 heteroatoms. The molecule has 0 spiro atoms. The maximum atomic E-state index is 12.5. The van der Waals surface area contributed by atoms with Gasteiger partial charge in [-0.1, -0.05) is 30.3 Å². The summed E-state index contributed by atoms with van der Waals surface area (Å²) in [7, 11) is 0. The number of nitrogens with zero attached hydrogens (tertiary/aromatic N) is 2. The van der Waals surface area contributed by atoms with Gasteiger partial charge in [-0.2, -0.15) is 0 Å². The Balaban J connectivity index is 0.00000241. The number of anilines is 1. The standard InChI is InChI=1S/C28H38N4O3.2ClH/c1-18(2)31(28(34)35)27-15-19(3)32(20(4)33)26-10-9-23(16-25(26)27)22-7-5-21(6-8-22)17-30-24-11-13-29-14-12-24;;/h5-10,16,18-19,24,27,29-30H,11-15,17H2,1-4H3,(H,34,35);2*1H. The largest absolute Gasteiger partial charge is 0.465 e. The van der Waals surface area contributed by atoms with Crippen molar-refractivity contribution >= 4 is 42.5 Å². The SMILES string of the molecule is CC(=O)N1c2ccc(-c3ccc(CNC4CCNCC4)cc3)cc2C(N(C(=O)O)C(C)C)CC1C.Cl.Cl. The number of fused-ring (bicyclic) bond motifs is 1. The van der Waals surface area contributed by atoms with Crippen molar-refractivity contribution < 1.29 is 14.7 Å². The molecule has 4 rings (SSSR count). The van der Waals surface area contributed by atoms with E-state index in [1.807, 2.05) is 32.9 Å². The van der Waals surface area contributed by atoms with Crippen molar-refractivity contribution in [2.75, 3.05) is 18.0 Å². The van der Waals surface area contributed by atoms with Gasteiger partial charge in [-0.3, -0.25) is 9.69 Å². The molecule has 37 heavy (non-hydrogen) atoms. The molecule has 2 aliphatic rings. The topological polar surface area (TPSA) is 84.9 Å². The number of carbonyl (C=O) groups is 2. The Morgan fingerprint density at radius 3 is 2.27 bits per heavy atom. The van der Waals surface area contributed by atoms with Gasteiger partial charge in [0.25, 0.3) is 0 Å². The second kappa shape index (κ2) is 13.5. The van der Waals surface area contributed by atoms with Gasteiger partial charge >= 0.3 is 6.09 Å². The van der Waals surface area contributed by atoms with E-state index >= 15 is 0 Å². The highest BCUT2D eigenvalue weighted by atomic mass is 35.5. The van der Waals surface area contributed by atoms with Gasteiger partial charge in [-0.25, -0.2) is 4.79 Å². The van der Waals surface area contributed by atoms with Crippen LogP contribution in [0.25, 0.3) is 11.1 Å². The van der Waals surface area contributed by atoms with Gasteiger partial charge in [-0.15, -0.1) is 24.8 Å². The Bertz CT molecular complexity index is 1060. The molecule has 0 aliphatic carbocycles. The van der Waals surface area contributed by atoms with Crippen LogP contribution in [0.5, 0.6) is 0 Å². The molecule has 0 aromatic heterocycles. The van der Waals surface area contributed by atoms with Crippen LogP contribution in [0, 0.1) is 0 Å².